The lowest BCUT2D eigenvalue weighted by Gasteiger charge is -2.37. The summed E-state index contributed by atoms with van der Waals surface area (Å²) < 4.78 is 16.6. The van der Waals surface area contributed by atoms with E-state index in [1.54, 1.807) is 21.3 Å². The first-order valence-corrected chi connectivity index (χ1v) is 11.3. The Morgan fingerprint density at radius 1 is 0.676 bits per heavy atom. The number of fused-ring (bicyclic) bond motifs is 1. The molecule has 1 saturated heterocycles. The molecule has 0 amide bonds. The van der Waals surface area contributed by atoms with Crippen LogP contribution in [0.1, 0.15) is 0 Å². The van der Waals surface area contributed by atoms with E-state index in [1.807, 2.05) is 30.3 Å². The molecule has 1 aromatic heterocycles. The Balaban J connectivity index is 1.53. The molecule has 0 spiro atoms. The van der Waals surface area contributed by atoms with Crippen LogP contribution in [0, 0.1) is 0 Å². The van der Waals surface area contributed by atoms with Gasteiger partial charge in [-0.1, -0.05) is 30.3 Å². The molecular formula is C27H28N4O3. The Morgan fingerprint density at radius 3 is 1.94 bits per heavy atom. The average Bonchev–Trinajstić information content (AvgIpc) is 2.92. The minimum Gasteiger partial charge on any atom is -0.493 e. The molecular weight excluding hydrogens is 428 g/mol. The van der Waals surface area contributed by atoms with E-state index in [2.05, 4.69) is 46.2 Å². The lowest BCUT2D eigenvalue weighted by molar-refractivity contribution is 0.324. The Bertz CT molecular complexity index is 1260. The van der Waals surface area contributed by atoms with Crippen molar-refractivity contribution in [3.8, 4) is 28.6 Å². The second kappa shape index (κ2) is 9.47. The van der Waals surface area contributed by atoms with Crippen LogP contribution in [-0.4, -0.2) is 57.5 Å². The zero-order valence-electron chi connectivity index (χ0n) is 19.7. The van der Waals surface area contributed by atoms with E-state index < -0.39 is 0 Å². The molecule has 0 unspecified atom stereocenters. The van der Waals surface area contributed by atoms with Crippen LogP contribution in [0.15, 0.2) is 66.7 Å². The monoisotopic (exact) mass is 456 g/mol. The largest absolute Gasteiger partial charge is 0.493 e. The molecule has 4 aromatic rings. The highest BCUT2D eigenvalue weighted by molar-refractivity contribution is 5.91. The molecule has 1 aliphatic rings. The lowest BCUT2D eigenvalue weighted by Crippen LogP contribution is -2.47. The third kappa shape index (κ3) is 4.05. The highest BCUT2D eigenvalue weighted by atomic mass is 16.5. The summed E-state index contributed by atoms with van der Waals surface area (Å²) in [6.45, 7) is 3.62. The Kier molecular flexibility index (Phi) is 6.08. The van der Waals surface area contributed by atoms with Crippen molar-refractivity contribution < 1.29 is 14.2 Å². The highest BCUT2D eigenvalue weighted by Crippen LogP contribution is 2.41. The number of hydrogen-bond donors (Lipinski definition) is 0. The van der Waals surface area contributed by atoms with Gasteiger partial charge in [-0.3, -0.25) is 0 Å². The third-order valence-corrected chi connectivity index (χ3v) is 6.21. The first-order chi connectivity index (χ1) is 16.7. The predicted molar refractivity (Wildman–Crippen MR) is 135 cm³/mol. The molecule has 0 N–H and O–H groups in total. The summed E-state index contributed by atoms with van der Waals surface area (Å²) in [4.78, 5) is 14.7. The molecule has 174 valence electrons. The SMILES string of the molecule is COc1cc(-c2nc(N3CCN(c4ccccc4)CC3)c3ccccc3n2)cc(OC)c1OC. The van der Waals surface area contributed by atoms with E-state index in [0.717, 1.165) is 48.5 Å². The van der Waals surface area contributed by atoms with Gasteiger partial charge in [0.1, 0.15) is 5.82 Å². The minimum atomic E-state index is 0.548. The van der Waals surface area contributed by atoms with E-state index in [0.29, 0.717) is 23.1 Å². The number of piperazine rings is 1. The molecule has 0 atom stereocenters. The molecule has 0 aliphatic carbocycles. The zero-order valence-corrected chi connectivity index (χ0v) is 19.7. The van der Waals surface area contributed by atoms with Gasteiger partial charge in [-0.25, -0.2) is 9.97 Å². The number of methoxy groups -OCH3 is 3. The molecule has 1 aliphatic heterocycles. The van der Waals surface area contributed by atoms with Crippen molar-refractivity contribution >= 4 is 22.4 Å². The fourth-order valence-electron chi connectivity index (χ4n) is 4.46. The Hall–Kier alpha value is -4.00. The number of aromatic nitrogens is 2. The topological polar surface area (TPSA) is 60.0 Å². The second-order valence-corrected chi connectivity index (χ2v) is 8.11. The summed E-state index contributed by atoms with van der Waals surface area (Å²) in [5, 5.41) is 1.05. The van der Waals surface area contributed by atoms with E-state index in [4.69, 9.17) is 24.2 Å². The standard InChI is InChI=1S/C27H28N4O3/c1-32-23-17-19(18-24(33-2)25(23)34-3)26-28-22-12-8-7-11-21(22)27(29-26)31-15-13-30(14-16-31)20-9-5-4-6-10-20/h4-12,17-18H,13-16H2,1-3H3. The number of anilines is 2. The molecule has 0 radical (unpaired) electrons. The maximum atomic E-state index is 5.55. The van der Waals surface area contributed by atoms with Crippen LogP contribution < -0.4 is 24.0 Å². The zero-order chi connectivity index (χ0) is 23.5. The molecule has 34 heavy (non-hydrogen) atoms. The molecule has 3 aromatic carbocycles. The van der Waals surface area contributed by atoms with Gasteiger partial charge >= 0.3 is 0 Å². The molecule has 7 nitrogen and oxygen atoms in total. The molecule has 7 heteroatoms. The smallest absolute Gasteiger partial charge is 0.203 e. The Morgan fingerprint density at radius 2 is 1.29 bits per heavy atom. The quantitative estimate of drug-likeness (QED) is 0.419. The van der Waals surface area contributed by atoms with E-state index in [1.165, 1.54) is 5.69 Å². The molecule has 5 rings (SSSR count). The molecule has 0 saturated carbocycles. The van der Waals surface area contributed by atoms with Crippen LogP contribution in [0.4, 0.5) is 11.5 Å². The van der Waals surface area contributed by atoms with Crippen LogP contribution in [0.25, 0.3) is 22.3 Å². The van der Waals surface area contributed by atoms with Crippen LogP contribution in [0.2, 0.25) is 0 Å². The van der Waals surface area contributed by atoms with Crippen molar-refractivity contribution in [2.45, 2.75) is 0 Å². The maximum absolute atomic E-state index is 5.55. The van der Waals surface area contributed by atoms with Crippen molar-refractivity contribution in [2.75, 3.05) is 57.3 Å². The fourth-order valence-corrected chi connectivity index (χ4v) is 4.46. The number of para-hydroxylation sites is 2. The summed E-state index contributed by atoms with van der Waals surface area (Å²) in [7, 11) is 4.82. The highest BCUT2D eigenvalue weighted by Gasteiger charge is 2.22. The van der Waals surface area contributed by atoms with Crippen molar-refractivity contribution in [3.05, 3.63) is 66.7 Å². The van der Waals surface area contributed by atoms with Crippen LogP contribution in [0.5, 0.6) is 17.2 Å². The predicted octanol–water partition coefficient (Wildman–Crippen LogP) is 4.65. The lowest BCUT2D eigenvalue weighted by atomic mass is 10.1. The average molecular weight is 457 g/mol. The van der Waals surface area contributed by atoms with E-state index in [9.17, 15) is 0 Å². The number of nitrogens with zero attached hydrogens (tertiary/aromatic N) is 4. The minimum absolute atomic E-state index is 0.548. The summed E-state index contributed by atoms with van der Waals surface area (Å²) in [6, 6.07) is 22.5. The molecule has 2 heterocycles. The number of benzene rings is 3. The van der Waals surface area contributed by atoms with Crippen molar-refractivity contribution in [1.29, 1.82) is 0 Å². The Labute approximate surface area is 199 Å². The summed E-state index contributed by atoms with van der Waals surface area (Å²) in [6.07, 6.45) is 0. The fraction of sp³-hybridized carbons (Fsp3) is 0.259. The summed E-state index contributed by atoms with van der Waals surface area (Å²) >= 11 is 0. The van der Waals surface area contributed by atoms with Gasteiger partial charge in [0.05, 0.1) is 26.8 Å². The maximum Gasteiger partial charge on any atom is 0.203 e. The van der Waals surface area contributed by atoms with Gasteiger partial charge in [0, 0.05) is 42.8 Å². The van der Waals surface area contributed by atoms with Gasteiger partial charge in [-0.2, -0.15) is 0 Å². The van der Waals surface area contributed by atoms with Crippen LogP contribution in [-0.2, 0) is 0 Å². The third-order valence-electron chi connectivity index (χ3n) is 6.21. The first-order valence-electron chi connectivity index (χ1n) is 11.3. The van der Waals surface area contributed by atoms with Crippen molar-refractivity contribution in [3.63, 3.8) is 0 Å². The number of rotatable bonds is 6. The van der Waals surface area contributed by atoms with Gasteiger partial charge in [0.25, 0.3) is 0 Å². The number of hydrogen-bond acceptors (Lipinski definition) is 7. The van der Waals surface area contributed by atoms with Crippen LogP contribution in [0.3, 0.4) is 0 Å². The summed E-state index contributed by atoms with van der Waals surface area (Å²) in [5.74, 6) is 3.27. The van der Waals surface area contributed by atoms with E-state index >= 15 is 0 Å². The van der Waals surface area contributed by atoms with E-state index in [-0.39, 0.29) is 0 Å². The summed E-state index contributed by atoms with van der Waals surface area (Å²) in [5.41, 5.74) is 2.97. The van der Waals surface area contributed by atoms with Gasteiger partial charge < -0.3 is 24.0 Å². The van der Waals surface area contributed by atoms with Crippen molar-refractivity contribution in [2.24, 2.45) is 0 Å². The molecule has 1 fully saturated rings. The normalized spacial score (nSPS) is 13.7. The van der Waals surface area contributed by atoms with Gasteiger partial charge in [-0.05, 0) is 36.4 Å². The number of ether oxygens (including phenoxy) is 3. The van der Waals surface area contributed by atoms with Crippen molar-refractivity contribution in [1.82, 2.24) is 9.97 Å². The van der Waals surface area contributed by atoms with Gasteiger partial charge in [0.15, 0.2) is 17.3 Å². The van der Waals surface area contributed by atoms with Crippen LogP contribution >= 0.6 is 0 Å². The van der Waals surface area contributed by atoms with Gasteiger partial charge in [-0.15, -0.1) is 0 Å². The first kappa shape index (κ1) is 21.8. The second-order valence-electron chi connectivity index (χ2n) is 8.11. The van der Waals surface area contributed by atoms with Gasteiger partial charge in [0.2, 0.25) is 5.75 Å². The molecule has 0 bridgehead atoms.